The molecule has 2 rings (SSSR count). The smallest absolute Gasteiger partial charge is 0.262 e. The molecule has 0 heterocycles. The summed E-state index contributed by atoms with van der Waals surface area (Å²) in [6, 6.07) is 12.1. The second kappa shape index (κ2) is 9.27. The number of phenolic OH excluding ortho intramolecular Hbond substituents is 1. The summed E-state index contributed by atoms with van der Waals surface area (Å²) in [5.41, 5.74) is 4.55. The number of rotatable bonds is 8. The fraction of sp³-hybridized carbons (Fsp3) is 0.200. The van der Waals surface area contributed by atoms with Crippen molar-refractivity contribution in [2.75, 3.05) is 12.4 Å². The summed E-state index contributed by atoms with van der Waals surface area (Å²) in [5.74, 6) is 0.587. The van der Waals surface area contributed by atoms with E-state index >= 15 is 0 Å². The largest absolute Gasteiger partial charge is 0.507 e. The minimum atomic E-state index is -0.485. The van der Waals surface area contributed by atoms with Gasteiger partial charge in [0.2, 0.25) is 0 Å². The maximum Gasteiger partial charge on any atom is 0.262 e. The highest BCUT2D eigenvalue weighted by Crippen LogP contribution is 2.21. The number of carbonyl (C=O) groups is 1. The zero-order valence-corrected chi connectivity index (χ0v) is 14.9. The Kier molecular flexibility index (Phi) is 6.79. The van der Waals surface area contributed by atoms with Crippen LogP contribution in [-0.2, 0) is 11.2 Å². The first kappa shape index (κ1) is 19.1. The number of allylic oxidation sites excluding steroid dienone is 1. The molecule has 2 aromatic carbocycles. The SMILES string of the molecule is C=CCc1cccc(/C=N/NC(=O)C(C)Nc2ccc(OC)cc2)c1O. The van der Waals surface area contributed by atoms with Crippen molar-refractivity contribution >= 4 is 17.8 Å². The Bertz CT molecular complexity index is 785. The standard InChI is InChI=1S/C20H23N3O3/c1-4-6-15-7-5-8-16(19(15)24)13-21-23-20(25)14(2)22-17-9-11-18(26-3)12-10-17/h4-5,7-14,22,24H,1,6H2,2-3H3,(H,23,25)/b21-13+. The summed E-state index contributed by atoms with van der Waals surface area (Å²) in [6.07, 6.45) is 3.69. The van der Waals surface area contributed by atoms with E-state index in [4.69, 9.17) is 4.74 Å². The first-order valence-corrected chi connectivity index (χ1v) is 8.20. The van der Waals surface area contributed by atoms with Crippen LogP contribution in [0.1, 0.15) is 18.1 Å². The minimum Gasteiger partial charge on any atom is -0.507 e. The van der Waals surface area contributed by atoms with Crippen molar-refractivity contribution in [1.82, 2.24) is 5.43 Å². The highest BCUT2D eigenvalue weighted by Gasteiger charge is 2.12. The van der Waals surface area contributed by atoms with Crippen LogP contribution in [0.3, 0.4) is 0 Å². The van der Waals surface area contributed by atoms with Crippen LogP contribution >= 0.6 is 0 Å². The van der Waals surface area contributed by atoms with Gasteiger partial charge in [0.1, 0.15) is 17.5 Å². The van der Waals surface area contributed by atoms with Crippen molar-refractivity contribution in [3.63, 3.8) is 0 Å². The molecule has 0 aliphatic heterocycles. The van der Waals surface area contributed by atoms with E-state index in [2.05, 4.69) is 22.4 Å². The van der Waals surface area contributed by atoms with Crippen LogP contribution in [0.2, 0.25) is 0 Å². The van der Waals surface area contributed by atoms with Gasteiger partial charge >= 0.3 is 0 Å². The molecule has 2 aromatic rings. The average Bonchev–Trinajstić information content (AvgIpc) is 2.65. The Labute approximate surface area is 153 Å². The lowest BCUT2D eigenvalue weighted by atomic mass is 10.1. The Morgan fingerprint density at radius 2 is 2.04 bits per heavy atom. The molecule has 0 spiro atoms. The van der Waals surface area contributed by atoms with Gasteiger partial charge in [0, 0.05) is 11.3 Å². The summed E-state index contributed by atoms with van der Waals surface area (Å²) in [6.45, 7) is 5.39. The van der Waals surface area contributed by atoms with Gasteiger partial charge < -0.3 is 15.2 Å². The normalized spacial score (nSPS) is 11.8. The summed E-state index contributed by atoms with van der Waals surface area (Å²) in [7, 11) is 1.60. The van der Waals surface area contributed by atoms with Crippen LogP contribution in [-0.4, -0.2) is 30.4 Å². The number of nitrogens with zero attached hydrogens (tertiary/aromatic N) is 1. The van der Waals surface area contributed by atoms with Gasteiger partial charge in [-0.15, -0.1) is 6.58 Å². The summed E-state index contributed by atoms with van der Waals surface area (Å²) < 4.78 is 5.10. The first-order chi connectivity index (χ1) is 12.5. The van der Waals surface area contributed by atoms with Gasteiger partial charge in [-0.25, -0.2) is 5.43 Å². The monoisotopic (exact) mass is 353 g/mol. The molecule has 6 heteroatoms. The van der Waals surface area contributed by atoms with E-state index in [1.165, 1.54) is 6.21 Å². The molecule has 0 radical (unpaired) electrons. The molecule has 0 saturated heterocycles. The van der Waals surface area contributed by atoms with Crippen LogP contribution in [0.25, 0.3) is 0 Å². The number of aromatic hydroxyl groups is 1. The zero-order chi connectivity index (χ0) is 18.9. The van der Waals surface area contributed by atoms with Crippen molar-refractivity contribution < 1.29 is 14.6 Å². The van der Waals surface area contributed by atoms with E-state index in [0.717, 1.165) is 17.0 Å². The fourth-order valence-electron chi connectivity index (χ4n) is 2.30. The predicted octanol–water partition coefficient (Wildman–Crippen LogP) is 3.08. The number of phenols is 1. The molecule has 136 valence electrons. The summed E-state index contributed by atoms with van der Waals surface area (Å²) >= 11 is 0. The first-order valence-electron chi connectivity index (χ1n) is 8.20. The van der Waals surface area contributed by atoms with E-state index in [9.17, 15) is 9.90 Å². The van der Waals surface area contributed by atoms with Crippen molar-refractivity contribution in [2.24, 2.45) is 5.10 Å². The van der Waals surface area contributed by atoms with Crippen molar-refractivity contribution in [2.45, 2.75) is 19.4 Å². The minimum absolute atomic E-state index is 0.134. The number of nitrogens with one attached hydrogen (secondary N) is 2. The number of hydrogen-bond acceptors (Lipinski definition) is 5. The van der Waals surface area contributed by atoms with Gasteiger partial charge in [0.05, 0.1) is 13.3 Å². The molecule has 1 atom stereocenters. The molecular weight excluding hydrogens is 330 g/mol. The van der Waals surface area contributed by atoms with Gasteiger partial charge in [-0.2, -0.15) is 5.10 Å². The molecule has 26 heavy (non-hydrogen) atoms. The van der Waals surface area contributed by atoms with Crippen molar-refractivity contribution in [3.8, 4) is 11.5 Å². The third kappa shape index (κ3) is 5.11. The predicted molar refractivity (Wildman–Crippen MR) is 104 cm³/mol. The van der Waals surface area contributed by atoms with Crippen LogP contribution < -0.4 is 15.5 Å². The number of amides is 1. The molecular formula is C20H23N3O3. The number of hydrogen-bond donors (Lipinski definition) is 3. The lowest BCUT2D eigenvalue weighted by molar-refractivity contribution is -0.121. The molecule has 0 saturated carbocycles. The maximum absolute atomic E-state index is 12.1. The second-order valence-electron chi connectivity index (χ2n) is 5.68. The van der Waals surface area contributed by atoms with E-state index in [-0.39, 0.29) is 11.7 Å². The van der Waals surface area contributed by atoms with E-state index in [1.807, 2.05) is 36.4 Å². The fourth-order valence-corrected chi connectivity index (χ4v) is 2.30. The third-order valence-electron chi connectivity index (χ3n) is 3.76. The van der Waals surface area contributed by atoms with E-state index < -0.39 is 6.04 Å². The number of para-hydroxylation sites is 1. The molecule has 0 aliphatic carbocycles. The number of carbonyl (C=O) groups excluding carboxylic acids is 1. The molecule has 1 unspecified atom stereocenters. The maximum atomic E-state index is 12.1. The quantitative estimate of drug-likeness (QED) is 0.387. The highest BCUT2D eigenvalue weighted by molar-refractivity contribution is 5.88. The van der Waals surface area contributed by atoms with E-state index in [0.29, 0.717) is 12.0 Å². The zero-order valence-electron chi connectivity index (χ0n) is 14.9. The Hall–Kier alpha value is -3.28. The van der Waals surface area contributed by atoms with Gasteiger partial charge in [-0.3, -0.25) is 4.79 Å². The van der Waals surface area contributed by atoms with Gasteiger partial charge in [-0.1, -0.05) is 18.2 Å². The van der Waals surface area contributed by atoms with Crippen LogP contribution in [0, 0.1) is 0 Å². The Balaban J connectivity index is 1.93. The second-order valence-corrected chi connectivity index (χ2v) is 5.68. The lowest BCUT2D eigenvalue weighted by Gasteiger charge is -2.13. The molecule has 6 nitrogen and oxygen atoms in total. The van der Waals surface area contributed by atoms with Crippen molar-refractivity contribution in [1.29, 1.82) is 0 Å². The van der Waals surface area contributed by atoms with Crippen LogP contribution in [0.5, 0.6) is 11.5 Å². The van der Waals surface area contributed by atoms with E-state index in [1.54, 1.807) is 26.2 Å². The van der Waals surface area contributed by atoms with Gasteiger partial charge in [0.25, 0.3) is 5.91 Å². The number of methoxy groups -OCH3 is 1. The lowest BCUT2D eigenvalue weighted by Crippen LogP contribution is -2.34. The molecule has 0 aromatic heterocycles. The highest BCUT2D eigenvalue weighted by atomic mass is 16.5. The molecule has 0 aliphatic rings. The summed E-state index contributed by atoms with van der Waals surface area (Å²) in [4.78, 5) is 12.1. The summed E-state index contributed by atoms with van der Waals surface area (Å²) in [5, 5.41) is 17.2. The molecule has 3 N–H and O–H groups in total. The van der Waals surface area contributed by atoms with Crippen LogP contribution in [0.15, 0.2) is 60.2 Å². The average molecular weight is 353 g/mol. The van der Waals surface area contributed by atoms with Crippen LogP contribution in [0.4, 0.5) is 5.69 Å². The molecule has 0 bridgehead atoms. The number of benzene rings is 2. The topological polar surface area (TPSA) is 83.0 Å². The Morgan fingerprint density at radius 1 is 1.31 bits per heavy atom. The Morgan fingerprint density at radius 3 is 2.69 bits per heavy atom. The number of ether oxygens (including phenoxy) is 1. The van der Waals surface area contributed by atoms with Gasteiger partial charge in [-0.05, 0) is 49.2 Å². The van der Waals surface area contributed by atoms with Crippen molar-refractivity contribution in [3.05, 3.63) is 66.2 Å². The number of hydrazone groups is 1. The molecule has 1 amide bonds. The van der Waals surface area contributed by atoms with Gasteiger partial charge in [0.15, 0.2) is 0 Å². The number of anilines is 1. The third-order valence-corrected chi connectivity index (χ3v) is 3.76. The molecule has 0 fully saturated rings.